The summed E-state index contributed by atoms with van der Waals surface area (Å²) in [6, 6.07) is 13.2. The molecule has 0 unspecified atom stereocenters. The summed E-state index contributed by atoms with van der Waals surface area (Å²) < 4.78 is 0. The first-order valence-corrected chi connectivity index (χ1v) is 7.25. The van der Waals surface area contributed by atoms with Crippen LogP contribution in [0, 0.1) is 0 Å². The third kappa shape index (κ3) is 1.70. The van der Waals surface area contributed by atoms with Crippen LogP contribution in [0.3, 0.4) is 0 Å². The van der Waals surface area contributed by atoms with Gasteiger partial charge in [0.2, 0.25) is 5.78 Å². The Hall–Kier alpha value is -2.88. The minimum atomic E-state index is -0.145. The van der Waals surface area contributed by atoms with Crippen molar-refractivity contribution < 1.29 is 9.90 Å². The van der Waals surface area contributed by atoms with Crippen molar-refractivity contribution in [3.63, 3.8) is 0 Å². The minimum Gasteiger partial charge on any atom is -0.494 e. The Kier molecular flexibility index (Phi) is 2.66. The number of Topliss-reactive ketones (excluding diaryl/α,β-unsaturated/α-hetero) is 1. The van der Waals surface area contributed by atoms with E-state index < -0.39 is 0 Å². The van der Waals surface area contributed by atoms with Gasteiger partial charge >= 0.3 is 0 Å². The highest BCUT2D eigenvalue weighted by atomic mass is 16.3. The Morgan fingerprint density at radius 1 is 1.18 bits per heavy atom. The van der Waals surface area contributed by atoms with Crippen molar-refractivity contribution in [2.45, 2.75) is 13.3 Å². The molecule has 4 rings (SSSR count). The van der Waals surface area contributed by atoms with Gasteiger partial charge in [0.15, 0.2) is 5.88 Å². The number of aryl methyl sites for hydroxylation is 1. The maximum absolute atomic E-state index is 12.6. The summed E-state index contributed by atoms with van der Waals surface area (Å²) in [4.78, 5) is 19.9. The molecule has 3 aromatic rings. The van der Waals surface area contributed by atoms with Crippen molar-refractivity contribution >= 4 is 28.1 Å². The first-order valence-electron chi connectivity index (χ1n) is 7.25. The van der Waals surface area contributed by atoms with Gasteiger partial charge in [0, 0.05) is 16.5 Å². The highest BCUT2D eigenvalue weighted by Crippen LogP contribution is 2.35. The number of rotatable bonds is 2. The summed E-state index contributed by atoms with van der Waals surface area (Å²) in [7, 11) is 0. The first-order chi connectivity index (χ1) is 10.7. The zero-order valence-corrected chi connectivity index (χ0v) is 12.1. The molecule has 1 aliphatic rings. The van der Waals surface area contributed by atoms with E-state index >= 15 is 0 Å². The van der Waals surface area contributed by atoms with Gasteiger partial charge in [-0.1, -0.05) is 25.1 Å². The fourth-order valence-corrected chi connectivity index (χ4v) is 2.92. The number of aromatic amines is 1. The molecular formula is C18H14N2O2. The number of fused-ring (bicyclic) bond motifs is 2. The molecule has 22 heavy (non-hydrogen) atoms. The molecule has 0 atom stereocenters. The van der Waals surface area contributed by atoms with Crippen LogP contribution in [-0.2, 0) is 6.42 Å². The molecule has 1 aliphatic heterocycles. The molecule has 108 valence electrons. The van der Waals surface area contributed by atoms with E-state index in [4.69, 9.17) is 0 Å². The van der Waals surface area contributed by atoms with E-state index in [0.717, 1.165) is 22.9 Å². The quantitative estimate of drug-likeness (QED) is 0.754. The van der Waals surface area contributed by atoms with Crippen molar-refractivity contribution in [1.29, 1.82) is 0 Å². The van der Waals surface area contributed by atoms with Gasteiger partial charge < -0.3 is 10.1 Å². The molecule has 4 heteroatoms. The molecule has 0 fully saturated rings. The third-order valence-corrected chi connectivity index (χ3v) is 4.08. The van der Waals surface area contributed by atoms with Crippen LogP contribution in [0.1, 0.15) is 28.4 Å². The van der Waals surface area contributed by atoms with Crippen molar-refractivity contribution in [3.05, 3.63) is 59.2 Å². The minimum absolute atomic E-state index is 0.0110. The predicted molar refractivity (Wildman–Crippen MR) is 86.3 cm³/mol. The van der Waals surface area contributed by atoms with E-state index in [2.05, 4.69) is 16.9 Å². The van der Waals surface area contributed by atoms with Crippen molar-refractivity contribution in [2.75, 3.05) is 0 Å². The van der Waals surface area contributed by atoms with E-state index in [-0.39, 0.29) is 11.7 Å². The second-order valence-electron chi connectivity index (χ2n) is 5.39. The maximum atomic E-state index is 12.6. The number of hydrogen-bond donors (Lipinski definition) is 2. The predicted octanol–water partition coefficient (Wildman–Crippen LogP) is 3.75. The van der Waals surface area contributed by atoms with Crippen LogP contribution in [0.4, 0.5) is 5.69 Å². The lowest BCUT2D eigenvalue weighted by atomic mass is 10.0. The Labute approximate surface area is 127 Å². The number of carbonyl (C=O) groups excluding carboxylic acids is 1. The van der Waals surface area contributed by atoms with Crippen LogP contribution < -0.4 is 0 Å². The summed E-state index contributed by atoms with van der Waals surface area (Å²) in [6.45, 7) is 2.07. The SMILES string of the molecule is CCc1ccc2[nH]c(O)c(C3=Nc4ccccc4C3=O)c2c1. The van der Waals surface area contributed by atoms with E-state index in [1.807, 2.05) is 36.4 Å². The van der Waals surface area contributed by atoms with Gasteiger partial charge in [0.05, 0.1) is 11.3 Å². The van der Waals surface area contributed by atoms with Gasteiger partial charge in [0.1, 0.15) is 5.71 Å². The Balaban J connectivity index is 1.96. The summed E-state index contributed by atoms with van der Waals surface area (Å²) in [5, 5.41) is 11.1. The van der Waals surface area contributed by atoms with E-state index in [9.17, 15) is 9.90 Å². The van der Waals surface area contributed by atoms with E-state index in [1.54, 1.807) is 6.07 Å². The van der Waals surface area contributed by atoms with Gasteiger partial charge in [-0.05, 0) is 36.2 Å². The number of hydrogen-bond acceptors (Lipinski definition) is 3. The number of nitrogens with one attached hydrogen (secondary N) is 1. The normalized spacial score (nSPS) is 13.5. The number of carbonyl (C=O) groups is 1. The zero-order chi connectivity index (χ0) is 15.3. The van der Waals surface area contributed by atoms with Crippen LogP contribution in [0.2, 0.25) is 0 Å². The van der Waals surface area contributed by atoms with Crippen molar-refractivity contribution in [2.24, 2.45) is 4.99 Å². The van der Waals surface area contributed by atoms with Gasteiger partial charge in [-0.2, -0.15) is 0 Å². The van der Waals surface area contributed by atoms with Crippen molar-refractivity contribution in [3.8, 4) is 5.88 Å². The van der Waals surface area contributed by atoms with Gasteiger partial charge in [-0.3, -0.25) is 4.79 Å². The van der Waals surface area contributed by atoms with E-state index in [1.165, 1.54) is 0 Å². The number of aliphatic imine (C=N–C) groups is 1. The Bertz CT molecular complexity index is 951. The van der Waals surface area contributed by atoms with Crippen LogP contribution in [0.15, 0.2) is 47.5 Å². The molecule has 0 amide bonds. The van der Waals surface area contributed by atoms with Crippen molar-refractivity contribution in [1.82, 2.24) is 4.98 Å². The number of ketones is 1. The van der Waals surface area contributed by atoms with Crippen LogP contribution in [0.5, 0.6) is 5.88 Å². The molecule has 4 nitrogen and oxygen atoms in total. The average Bonchev–Trinajstić information content (AvgIpc) is 3.03. The third-order valence-electron chi connectivity index (χ3n) is 4.08. The lowest BCUT2D eigenvalue weighted by Crippen LogP contribution is -2.10. The second kappa shape index (κ2) is 4.56. The van der Waals surface area contributed by atoms with Crippen LogP contribution in [-0.4, -0.2) is 21.6 Å². The number of benzene rings is 2. The fraction of sp³-hybridized carbons (Fsp3) is 0.111. The molecule has 2 N–H and O–H groups in total. The Morgan fingerprint density at radius 2 is 2.00 bits per heavy atom. The maximum Gasteiger partial charge on any atom is 0.214 e. The molecule has 0 saturated carbocycles. The molecule has 0 radical (unpaired) electrons. The largest absolute Gasteiger partial charge is 0.494 e. The number of nitrogens with zero attached hydrogens (tertiary/aromatic N) is 1. The number of aromatic nitrogens is 1. The second-order valence-corrected chi connectivity index (χ2v) is 5.39. The molecule has 0 saturated heterocycles. The standard InChI is InChI=1S/C18H14N2O2/c1-2-10-7-8-14-12(9-10)15(18(22)20-14)16-17(21)11-5-3-4-6-13(11)19-16/h3-9,20,22H,2H2,1H3. The zero-order valence-electron chi connectivity index (χ0n) is 12.1. The summed E-state index contributed by atoms with van der Waals surface area (Å²) in [5.41, 5.74) is 3.98. The summed E-state index contributed by atoms with van der Waals surface area (Å²) >= 11 is 0. The van der Waals surface area contributed by atoms with Gasteiger partial charge in [-0.25, -0.2) is 4.99 Å². The average molecular weight is 290 g/mol. The van der Waals surface area contributed by atoms with Gasteiger partial charge in [0.25, 0.3) is 0 Å². The first kappa shape index (κ1) is 12.8. The molecule has 2 heterocycles. The van der Waals surface area contributed by atoms with E-state index in [0.29, 0.717) is 22.5 Å². The summed E-state index contributed by atoms with van der Waals surface area (Å²) in [5.74, 6) is -0.156. The van der Waals surface area contributed by atoms with Crippen LogP contribution in [0.25, 0.3) is 10.9 Å². The summed E-state index contributed by atoms with van der Waals surface area (Å²) in [6.07, 6.45) is 0.891. The molecule has 2 aromatic carbocycles. The molecular weight excluding hydrogens is 276 g/mol. The highest BCUT2D eigenvalue weighted by Gasteiger charge is 2.29. The molecule has 0 spiro atoms. The number of aromatic hydroxyl groups is 1. The Morgan fingerprint density at radius 3 is 2.77 bits per heavy atom. The number of para-hydroxylation sites is 1. The lowest BCUT2D eigenvalue weighted by molar-refractivity contribution is 0.107. The number of H-pyrrole nitrogens is 1. The monoisotopic (exact) mass is 290 g/mol. The molecule has 0 bridgehead atoms. The van der Waals surface area contributed by atoms with Crippen LogP contribution >= 0.6 is 0 Å². The smallest absolute Gasteiger partial charge is 0.214 e. The molecule has 0 aliphatic carbocycles. The molecule has 1 aromatic heterocycles. The highest BCUT2D eigenvalue weighted by molar-refractivity contribution is 6.56. The van der Waals surface area contributed by atoms with Gasteiger partial charge in [-0.15, -0.1) is 0 Å². The topological polar surface area (TPSA) is 65.4 Å². The lowest BCUT2D eigenvalue weighted by Gasteiger charge is -2.01. The fourth-order valence-electron chi connectivity index (χ4n) is 2.92.